The van der Waals surface area contributed by atoms with E-state index in [9.17, 15) is 24.5 Å². The van der Waals surface area contributed by atoms with Crippen LogP contribution in [0, 0.1) is 10.1 Å². The number of amides is 1. The number of rotatable bonds is 7. The number of thiazole rings is 1. The number of anilines is 1. The minimum absolute atomic E-state index is 0.0253. The van der Waals surface area contributed by atoms with Crippen molar-refractivity contribution < 1.29 is 28.8 Å². The quantitative estimate of drug-likeness (QED) is 0.233. The number of benzene rings is 2. The van der Waals surface area contributed by atoms with Gasteiger partial charge in [0.15, 0.2) is 11.2 Å². The van der Waals surface area contributed by atoms with Gasteiger partial charge in [0.1, 0.15) is 11.9 Å². The zero-order chi connectivity index (χ0) is 23.3. The van der Waals surface area contributed by atoms with Gasteiger partial charge in [0.2, 0.25) is 0 Å². The van der Waals surface area contributed by atoms with Crippen LogP contribution in [0.4, 0.5) is 10.1 Å². The summed E-state index contributed by atoms with van der Waals surface area (Å²) < 4.78 is 10.3. The molecule has 164 valence electrons. The van der Waals surface area contributed by atoms with Gasteiger partial charge in [0.05, 0.1) is 21.1 Å². The number of carbonyl (C=O) groups excluding carboxylic acids is 3. The number of ether oxygens (including phenoxy) is 2. The zero-order valence-corrected chi connectivity index (χ0v) is 17.9. The summed E-state index contributed by atoms with van der Waals surface area (Å²) in [4.78, 5) is 51.3. The van der Waals surface area contributed by atoms with Crippen LogP contribution in [0.1, 0.15) is 27.6 Å². The molecule has 0 fully saturated rings. The number of esters is 2. The summed E-state index contributed by atoms with van der Waals surface area (Å²) >= 11 is 6.64. The largest absolute Gasteiger partial charge is 0.477 e. The molecule has 12 heteroatoms. The highest BCUT2D eigenvalue weighted by molar-refractivity contribution is 7.18. The minimum atomic E-state index is -1.16. The number of halogens is 1. The molecule has 1 unspecified atom stereocenters. The van der Waals surface area contributed by atoms with Gasteiger partial charge in [-0.3, -0.25) is 20.2 Å². The van der Waals surface area contributed by atoms with Crippen LogP contribution < -0.4 is 10.1 Å². The van der Waals surface area contributed by atoms with Crippen molar-refractivity contribution in [1.82, 2.24) is 4.98 Å². The number of para-hydroxylation sites is 1. The van der Waals surface area contributed by atoms with E-state index in [1.807, 2.05) is 0 Å². The predicted molar refractivity (Wildman–Crippen MR) is 115 cm³/mol. The topological polar surface area (TPSA) is 138 Å². The van der Waals surface area contributed by atoms with Crippen LogP contribution in [0.5, 0.6) is 5.75 Å². The Bertz CT molecular complexity index is 1200. The summed E-state index contributed by atoms with van der Waals surface area (Å²) in [6, 6.07) is 12.1. The molecule has 32 heavy (non-hydrogen) atoms. The van der Waals surface area contributed by atoms with Crippen molar-refractivity contribution in [2.45, 2.75) is 13.0 Å². The fraction of sp³-hybridized carbons (Fsp3) is 0.100. The Hall–Kier alpha value is -3.83. The number of hydrogen-bond acceptors (Lipinski definition) is 9. The number of carbonyl (C=O) groups is 3. The highest BCUT2D eigenvalue weighted by Gasteiger charge is 2.25. The van der Waals surface area contributed by atoms with E-state index >= 15 is 0 Å². The summed E-state index contributed by atoms with van der Waals surface area (Å²) in [5.74, 6) is -2.57. The SMILES string of the molecule is CC(Oc1ccccc1Cl)C(=O)OC(=O)c1ccccc1C(=O)Nc1ncc([N+](=O)[O-])s1. The lowest BCUT2D eigenvalue weighted by molar-refractivity contribution is -0.380. The molecule has 0 bridgehead atoms. The predicted octanol–water partition coefficient (Wildman–Crippen LogP) is 4.11. The molecule has 1 aromatic heterocycles. The molecule has 0 aliphatic carbocycles. The number of aromatic nitrogens is 1. The van der Waals surface area contributed by atoms with Gasteiger partial charge < -0.3 is 9.47 Å². The minimum Gasteiger partial charge on any atom is -0.477 e. The fourth-order valence-electron chi connectivity index (χ4n) is 2.44. The van der Waals surface area contributed by atoms with Gasteiger partial charge in [-0.05, 0) is 42.5 Å². The van der Waals surface area contributed by atoms with Crippen molar-refractivity contribution >= 4 is 50.9 Å². The van der Waals surface area contributed by atoms with Crippen molar-refractivity contribution in [3.05, 3.63) is 81.0 Å². The Labute approximate surface area is 189 Å². The second kappa shape index (κ2) is 9.98. The Morgan fingerprint density at radius 1 is 1.12 bits per heavy atom. The van der Waals surface area contributed by atoms with Gasteiger partial charge in [-0.25, -0.2) is 14.6 Å². The molecule has 0 saturated carbocycles. The van der Waals surface area contributed by atoms with Crippen LogP contribution in [-0.2, 0) is 9.53 Å². The standard InChI is InChI=1S/C20H14ClN3O7S/c1-11(30-15-9-5-4-8-14(15)21)18(26)31-19(27)13-7-3-2-6-12(13)17(25)23-20-22-10-16(32-20)24(28)29/h2-11H,1H3,(H,22,23,25). The van der Waals surface area contributed by atoms with Crippen LogP contribution >= 0.6 is 22.9 Å². The molecule has 1 amide bonds. The molecule has 1 N–H and O–H groups in total. The summed E-state index contributed by atoms with van der Waals surface area (Å²) in [5.41, 5.74) is -0.294. The van der Waals surface area contributed by atoms with E-state index in [1.165, 1.54) is 31.2 Å². The molecule has 0 saturated heterocycles. The molecule has 0 spiro atoms. The number of hydrogen-bond donors (Lipinski definition) is 1. The third-order valence-corrected chi connectivity index (χ3v) is 5.13. The first-order valence-corrected chi connectivity index (χ1v) is 10.1. The Kier molecular flexibility index (Phi) is 7.13. The van der Waals surface area contributed by atoms with E-state index in [0.717, 1.165) is 6.20 Å². The molecular weight excluding hydrogens is 462 g/mol. The average molecular weight is 476 g/mol. The van der Waals surface area contributed by atoms with E-state index in [0.29, 0.717) is 11.3 Å². The highest BCUT2D eigenvalue weighted by Crippen LogP contribution is 2.26. The Morgan fingerprint density at radius 3 is 2.44 bits per heavy atom. The first kappa shape index (κ1) is 22.8. The lowest BCUT2D eigenvalue weighted by Gasteiger charge is -2.14. The normalized spacial score (nSPS) is 11.3. The van der Waals surface area contributed by atoms with Crippen LogP contribution in [0.3, 0.4) is 0 Å². The van der Waals surface area contributed by atoms with Crippen molar-refractivity contribution in [2.24, 2.45) is 0 Å². The summed E-state index contributed by atoms with van der Waals surface area (Å²) in [7, 11) is 0. The average Bonchev–Trinajstić information content (AvgIpc) is 3.24. The molecule has 0 aliphatic heterocycles. The third-order valence-electron chi connectivity index (χ3n) is 3.95. The molecule has 0 radical (unpaired) electrons. The lowest BCUT2D eigenvalue weighted by atomic mass is 10.1. The van der Waals surface area contributed by atoms with Crippen molar-refractivity contribution in [2.75, 3.05) is 5.32 Å². The number of nitro groups is 1. The molecule has 3 rings (SSSR count). The molecule has 1 atom stereocenters. The maximum atomic E-state index is 12.6. The van der Waals surface area contributed by atoms with Gasteiger partial charge in [-0.15, -0.1) is 0 Å². The monoisotopic (exact) mass is 475 g/mol. The second-order valence-corrected chi connectivity index (χ2v) is 7.58. The van der Waals surface area contributed by atoms with Crippen molar-refractivity contribution in [1.29, 1.82) is 0 Å². The molecule has 3 aromatic rings. The molecule has 0 aliphatic rings. The Balaban J connectivity index is 1.70. The highest BCUT2D eigenvalue weighted by atomic mass is 35.5. The van der Waals surface area contributed by atoms with E-state index < -0.39 is 28.9 Å². The molecular formula is C20H14ClN3O7S. The van der Waals surface area contributed by atoms with Gasteiger partial charge in [-0.1, -0.05) is 35.9 Å². The maximum absolute atomic E-state index is 12.6. The van der Waals surface area contributed by atoms with E-state index in [1.54, 1.807) is 24.3 Å². The Morgan fingerprint density at radius 2 is 1.78 bits per heavy atom. The summed E-state index contributed by atoms with van der Waals surface area (Å²) in [5, 5.41) is 13.1. The molecule has 1 heterocycles. The lowest BCUT2D eigenvalue weighted by Crippen LogP contribution is -2.29. The summed E-state index contributed by atoms with van der Waals surface area (Å²) in [6.07, 6.45) is -0.157. The fourth-order valence-corrected chi connectivity index (χ4v) is 3.25. The van der Waals surface area contributed by atoms with Gasteiger partial charge >= 0.3 is 16.9 Å². The van der Waals surface area contributed by atoms with Crippen LogP contribution in [0.15, 0.2) is 54.7 Å². The van der Waals surface area contributed by atoms with Crippen LogP contribution in [-0.4, -0.2) is 33.9 Å². The van der Waals surface area contributed by atoms with E-state index in [2.05, 4.69) is 10.3 Å². The molecule has 10 nitrogen and oxygen atoms in total. The van der Waals surface area contributed by atoms with Gasteiger partial charge in [0.25, 0.3) is 5.91 Å². The second-order valence-electron chi connectivity index (χ2n) is 6.16. The zero-order valence-electron chi connectivity index (χ0n) is 16.3. The van der Waals surface area contributed by atoms with Crippen LogP contribution in [0.25, 0.3) is 0 Å². The number of nitrogens with one attached hydrogen (secondary N) is 1. The summed E-state index contributed by atoms with van der Waals surface area (Å²) in [6.45, 7) is 1.38. The molecule has 2 aromatic carbocycles. The van der Waals surface area contributed by atoms with Gasteiger partial charge in [0, 0.05) is 0 Å². The smallest absolute Gasteiger partial charge is 0.354 e. The number of nitrogens with zero attached hydrogens (tertiary/aromatic N) is 2. The van der Waals surface area contributed by atoms with Crippen molar-refractivity contribution in [3.63, 3.8) is 0 Å². The van der Waals surface area contributed by atoms with Crippen molar-refractivity contribution in [3.8, 4) is 5.75 Å². The van der Waals surface area contributed by atoms with Crippen LogP contribution in [0.2, 0.25) is 5.02 Å². The van der Waals surface area contributed by atoms with E-state index in [4.69, 9.17) is 21.1 Å². The van der Waals surface area contributed by atoms with E-state index in [-0.39, 0.29) is 32.0 Å². The maximum Gasteiger partial charge on any atom is 0.354 e. The van der Waals surface area contributed by atoms with Gasteiger partial charge in [-0.2, -0.15) is 0 Å². The first-order valence-electron chi connectivity index (χ1n) is 8.94. The first-order chi connectivity index (χ1) is 15.3. The third kappa shape index (κ3) is 5.45.